The Hall–Kier alpha value is -1.47. The van der Waals surface area contributed by atoms with Gasteiger partial charge in [-0.1, -0.05) is 39.8 Å². The highest BCUT2D eigenvalue weighted by Gasteiger charge is 2.38. The van der Waals surface area contributed by atoms with Crippen LogP contribution in [0.3, 0.4) is 0 Å². The molecule has 2 amide bonds. The summed E-state index contributed by atoms with van der Waals surface area (Å²) in [5.41, 5.74) is 0. The van der Waals surface area contributed by atoms with Crippen molar-refractivity contribution >= 4 is 39.4 Å². The summed E-state index contributed by atoms with van der Waals surface area (Å²) in [6, 6.07) is 8.44. The molecule has 1 N–H and O–H groups in total. The summed E-state index contributed by atoms with van der Waals surface area (Å²) in [5.74, 6) is -1.76. The summed E-state index contributed by atoms with van der Waals surface area (Å²) in [5, 5.41) is 9.20. The highest BCUT2D eigenvalue weighted by atomic mass is 33.1. The van der Waals surface area contributed by atoms with Gasteiger partial charge in [0.15, 0.2) is 0 Å². The lowest BCUT2D eigenvalue weighted by Gasteiger charge is -2.21. The number of carboxylic acid groups (broad SMARTS) is 1. The van der Waals surface area contributed by atoms with Crippen molar-refractivity contribution in [2.45, 2.75) is 23.8 Å². The van der Waals surface area contributed by atoms with Crippen LogP contribution < -0.4 is 0 Å². The number of carboxylic acids is 1. The Morgan fingerprint density at radius 3 is 2.35 bits per heavy atom. The summed E-state index contributed by atoms with van der Waals surface area (Å²) in [7, 11) is 2.75. The number of rotatable bonds is 6. The third-order valence-corrected chi connectivity index (χ3v) is 5.18. The summed E-state index contributed by atoms with van der Waals surface area (Å²) in [6.07, 6.45) is 0.220. The predicted octanol–water partition coefficient (Wildman–Crippen LogP) is 2.03. The van der Waals surface area contributed by atoms with Crippen LogP contribution in [0.25, 0.3) is 0 Å². The third kappa shape index (κ3) is 3.55. The molecule has 1 fully saturated rings. The van der Waals surface area contributed by atoms with Crippen LogP contribution in [0.5, 0.6) is 0 Å². The van der Waals surface area contributed by atoms with E-state index < -0.39 is 23.8 Å². The van der Waals surface area contributed by atoms with E-state index in [0.717, 1.165) is 9.80 Å². The molecule has 0 aromatic heterocycles. The van der Waals surface area contributed by atoms with Gasteiger partial charge in [0.1, 0.15) is 6.04 Å². The minimum atomic E-state index is -1.14. The van der Waals surface area contributed by atoms with Crippen LogP contribution in [0.1, 0.15) is 12.8 Å². The van der Waals surface area contributed by atoms with Gasteiger partial charge in [0.05, 0.1) is 0 Å². The average molecular weight is 311 g/mol. The van der Waals surface area contributed by atoms with Gasteiger partial charge in [-0.15, -0.1) is 0 Å². The van der Waals surface area contributed by atoms with Crippen LogP contribution in [-0.4, -0.2) is 39.6 Å². The van der Waals surface area contributed by atoms with E-state index in [4.69, 9.17) is 0 Å². The zero-order chi connectivity index (χ0) is 14.5. The van der Waals surface area contributed by atoms with E-state index in [0.29, 0.717) is 0 Å². The van der Waals surface area contributed by atoms with Crippen molar-refractivity contribution in [3.63, 3.8) is 0 Å². The molecule has 1 unspecified atom stereocenters. The van der Waals surface area contributed by atoms with Gasteiger partial charge in [0.25, 0.3) is 0 Å². The van der Waals surface area contributed by atoms with E-state index >= 15 is 0 Å². The molecule has 20 heavy (non-hydrogen) atoms. The fraction of sp³-hybridized carbons (Fsp3) is 0.308. The molecule has 1 aliphatic rings. The molecule has 1 aromatic carbocycles. The van der Waals surface area contributed by atoms with Gasteiger partial charge in [-0.2, -0.15) is 0 Å². The van der Waals surface area contributed by atoms with E-state index in [1.165, 1.54) is 21.6 Å². The van der Waals surface area contributed by atoms with Crippen molar-refractivity contribution < 1.29 is 19.5 Å². The lowest BCUT2D eigenvalue weighted by atomic mass is 10.3. The first-order valence-corrected chi connectivity index (χ1v) is 8.33. The summed E-state index contributed by atoms with van der Waals surface area (Å²) in [6.45, 7) is 0. The second-order valence-corrected chi connectivity index (χ2v) is 6.61. The number of hydrogen-bond donors (Lipinski definition) is 1. The largest absolute Gasteiger partial charge is 0.480 e. The number of benzene rings is 1. The SMILES string of the molecule is O=C(O)C(CSSc1ccccc1)N1C(=O)CCC1=O. The van der Waals surface area contributed by atoms with Crippen molar-refractivity contribution in [2.75, 3.05) is 5.75 Å². The maximum atomic E-state index is 11.6. The van der Waals surface area contributed by atoms with Crippen molar-refractivity contribution in [1.29, 1.82) is 0 Å². The van der Waals surface area contributed by atoms with Gasteiger partial charge in [0, 0.05) is 23.5 Å². The smallest absolute Gasteiger partial charge is 0.327 e. The van der Waals surface area contributed by atoms with Gasteiger partial charge in [-0.3, -0.25) is 14.5 Å². The zero-order valence-corrected chi connectivity index (χ0v) is 12.2. The molecule has 0 radical (unpaired) electrons. The molecule has 0 aliphatic carbocycles. The van der Waals surface area contributed by atoms with Gasteiger partial charge in [-0.05, 0) is 12.1 Å². The number of likely N-dealkylation sites (tertiary alicyclic amines) is 1. The van der Waals surface area contributed by atoms with Crippen LogP contribution in [-0.2, 0) is 14.4 Å². The van der Waals surface area contributed by atoms with E-state index in [1.54, 1.807) is 0 Å². The van der Waals surface area contributed by atoms with Crippen LogP contribution in [0.2, 0.25) is 0 Å². The first-order valence-electron chi connectivity index (χ1n) is 6.02. The molecule has 1 aromatic rings. The Balaban J connectivity index is 1.95. The monoisotopic (exact) mass is 311 g/mol. The predicted molar refractivity (Wildman–Crippen MR) is 77.3 cm³/mol. The normalized spacial score (nSPS) is 16.5. The molecule has 5 nitrogen and oxygen atoms in total. The minimum Gasteiger partial charge on any atom is -0.480 e. The maximum Gasteiger partial charge on any atom is 0.327 e. The molecule has 1 saturated heterocycles. The fourth-order valence-corrected chi connectivity index (χ4v) is 4.07. The number of carbonyl (C=O) groups excluding carboxylic acids is 2. The Kier molecular flexibility index (Phi) is 5.08. The second kappa shape index (κ2) is 6.81. The Labute approximate surface area is 124 Å². The molecule has 0 saturated carbocycles. The first kappa shape index (κ1) is 14.9. The highest BCUT2D eigenvalue weighted by molar-refractivity contribution is 8.76. The number of amides is 2. The van der Waals surface area contributed by atoms with Gasteiger partial charge >= 0.3 is 5.97 Å². The molecule has 2 rings (SSSR count). The Morgan fingerprint density at radius 2 is 1.80 bits per heavy atom. The number of nitrogens with zero attached hydrogens (tertiary/aromatic N) is 1. The lowest BCUT2D eigenvalue weighted by molar-refractivity contribution is -0.153. The first-order chi connectivity index (χ1) is 9.59. The molecule has 106 valence electrons. The van der Waals surface area contributed by atoms with Crippen LogP contribution >= 0.6 is 21.6 Å². The van der Waals surface area contributed by atoms with Crippen molar-refractivity contribution in [2.24, 2.45) is 0 Å². The summed E-state index contributed by atoms with van der Waals surface area (Å²) < 4.78 is 0. The molecular weight excluding hydrogens is 298 g/mol. The summed E-state index contributed by atoms with van der Waals surface area (Å²) in [4.78, 5) is 36.3. The minimum absolute atomic E-state index is 0.110. The van der Waals surface area contributed by atoms with Crippen molar-refractivity contribution in [3.05, 3.63) is 30.3 Å². The molecule has 1 atom stereocenters. The number of aliphatic carboxylic acids is 1. The number of imide groups is 1. The third-order valence-electron chi connectivity index (χ3n) is 2.81. The van der Waals surface area contributed by atoms with E-state index in [9.17, 15) is 19.5 Å². The van der Waals surface area contributed by atoms with Crippen LogP contribution in [0.15, 0.2) is 35.2 Å². The molecule has 0 spiro atoms. The van der Waals surface area contributed by atoms with Crippen molar-refractivity contribution in [3.8, 4) is 0 Å². The topological polar surface area (TPSA) is 74.7 Å². The van der Waals surface area contributed by atoms with E-state index in [1.807, 2.05) is 30.3 Å². The Bertz CT molecular complexity index is 504. The second-order valence-electron chi connectivity index (χ2n) is 4.19. The van der Waals surface area contributed by atoms with Gasteiger partial charge in [0.2, 0.25) is 11.8 Å². The average Bonchev–Trinajstić information content (AvgIpc) is 2.76. The quantitative estimate of drug-likeness (QED) is 0.640. The number of carbonyl (C=O) groups is 3. The molecule has 1 heterocycles. The van der Waals surface area contributed by atoms with E-state index in [2.05, 4.69) is 0 Å². The molecule has 7 heteroatoms. The van der Waals surface area contributed by atoms with Crippen molar-refractivity contribution in [1.82, 2.24) is 4.90 Å². The standard InChI is InChI=1S/C13H13NO4S2/c15-11-6-7-12(16)14(11)10(13(17)18)8-19-20-9-4-2-1-3-5-9/h1-5,10H,6-8H2,(H,17,18). The maximum absolute atomic E-state index is 11.6. The Morgan fingerprint density at radius 1 is 1.20 bits per heavy atom. The summed E-state index contributed by atoms with van der Waals surface area (Å²) >= 11 is 0. The molecular formula is C13H13NO4S2. The van der Waals surface area contributed by atoms with Gasteiger partial charge < -0.3 is 5.11 Å². The van der Waals surface area contributed by atoms with Crippen LogP contribution in [0, 0.1) is 0 Å². The highest BCUT2D eigenvalue weighted by Crippen LogP contribution is 2.32. The lowest BCUT2D eigenvalue weighted by Crippen LogP contribution is -2.45. The molecule has 1 aliphatic heterocycles. The van der Waals surface area contributed by atoms with E-state index in [-0.39, 0.29) is 18.6 Å². The van der Waals surface area contributed by atoms with Gasteiger partial charge in [-0.25, -0.2) is 4.79 Å². The number of hydrogen-bond acceptors (Lipinski definition) is 5. The molecule has 0 bridgehead atoms. The fourth-order valence-electron chi connectivity index (χ4n) is 1.84. The van der Waals surface area contributed by atoms with Crippen LogP contribution in [0.4, 0.5) is 0 Å². The zero-order valence-electron chi connectivity index (χ0n) is 10.5.